The lowest BCUT2D eigenvalue weighted by molar-refractivity contribution is 0.415. The highest BCUT2D eigenvalue weighted by molar-refractivity contribution is 6.30. The minimum atomic E-state index is 0.316. The van der Waals surface area contributed by atoms with Crippen molar-refractivity contribution in [2.75, 3.05) is 38.2 Å². The number of rotatable bonds is 7. The van der Waals surface area contributed by atoms with Gasteiger partial charge in [0.25, 0.3) is 0 Å². The van der Waals surface area contributed by atoms with Crippen LogP contribution in [0, 0.1) is 0 Å². The van der Waals surface area contributed by atoms with Crippen LogP contribution in [0.4, 0.5) is 5.69 Å². The molecule has 0 amide bonds. The molecule has 3 rings (SSSR count). The number of benzene rings is 1. The summed E-state index contributed by atoms with van der Waals surface area (Å²) >= 11 is 6.18. The molecule has 27 heavy (non-hydrogen) atoms. The highest BCUT2D eigenvalue weighted by atomic mass is 35.5. The zero-order valence-electron chi connectivity index (χ0n) is 15.9. The Morgan fingerprint density at radius 2 is 2.33 bits per heavy atom. The molecule has 1 saturated heterocycles. The van der Waals surface area contributed by atoms with Gasteiger partial charge in [0, 0.05) is 43.1 Å². The van der Waals surface area contributed by atoms with Gasteiger partial charge in [-0.05, 0) is 37.6 Å². The second kappa shape index (κ2) is 9.50. The Labute approximate surface area is 165 Å². The topological polar surface area (TPSA) is 66.7 Å². The summed E-state index contributed by atoms with van der Waals surface area (Å²) in [5, 5.41) is 11.8. The van der Waals surface area contributed by atoms with Crippen LogP contribution < -0.4 is 20.3 Å². The summed E-state index contributed by atoms with van der Waals surface area (Å²) in [4.78, 5) is 6.97. The summed E-state index contributed by atoms with van der Waals surface area (Å²) in [7, 11) is 1.69. The van der Waals surface area contributed by atoms with Crippen LogP contribution in [-0.2, 0) is 6.54 Å². The fourth-order valence-electron chi connectivity index (χ4n) is 3.22. The number of methoxy groups -OCH3 is 1. The van der Waals surface area contributed by atoms with Crippen LogP contribution in [0.3, 0.4) is 0 Å². The molecule has 0 spiro atoms. The SMILES string of the molecule is CCNC(=NCCn1cccn1)NC1CCN(c2cc(Cl)ccc2OC)C1. The first kappa shape index (κ1) is 19.4. The third-order valence-corrected chi connectivity index (χ3v) is 4.75. The van der Waals surface area contributed by atoms with Gasteiger partial charge in [-0.15, -0.1) is 0 Å². The molecular weight excluding hydrogens is 364 g/mol. The fourth-order valence-corrected chi connectivity index (χ4v) is 3.38. The van der Waals surface area contributed by atoms with Crippen molar-refractivity contribution in [3.05, 3.63) is 41.7 Å². The highest BCUT2D eigenvalue weighted by Gasteiger charge is 2.25. The third-order valence-electron chi connectivity index (χ3n) is 4.51. The highest BCUT2D eigenvalue weighted by Crippen LogP contribution is 2.33. The number of nitrogens with zero attached hydrogens (tertiary/aromatic N) is 4. The van der Waals surface area contributed by atoms with Gasteiger partial charge >= 0.3 is 0 Å². The molecule has 8 heteroatoms. The number of hydrogen-bond donors (Lipinski definition) is 2. The van der Waals surface area contributed by atoms with E-state index in [0.717, 1.165) is 55.0 Å². The third kappa shape index (κ3) is 5.29. The molecule has 0 saturated carbocycles. The number of nitrogens with one attached hydrogen (secondary N) is 2. The van der Waals surface area contributed by atoms with Crippen molar-refractivity contribution >= 4 is 23.2 Å². The molecule has 7 nitrogen and oxygen atoms in total. The number of hydrogen-bond acceptors (Lipinski definition) is 4. The minimum Gasteiger partial charge on any atom is -0.495 e. The van der Waals surface area contributed by atoms with E-state index in [0.29, 0.717) is 12.6 Å². The first-order valence-electron chi connectivity index (χ1n) is 9.30. The van der Waals surface area contributed by atoms with Crippen molar-refractivity contribution in [2.24, 2.45) is 4.99 Å². The zero-order chi connectivity index (χ0) is 19.1. The van der Waals surface area contributed by atoms with E-state index < -0.39 is 0 Å². The summed E-state index contributed by atoms with van der Waals surface area (Å²) in [6.45, 7) is 6.16. The van der Waals surface area contributed by atoms with E-state index in [1.54, 1.807) is 13.3 Å². The molecular formula is C19H27ClN6O. The lowest BCUT2D eigenvalue weighted by Gasteiger charge is -2.22. The van der Waals surface area contributed by atoms with Gasteiger partial charge in [0.05, 0.1) is 25.9 Å². The van der Waals surface area contributed by atoms with Gasteiger partial charge in [-0.3, -0.25) is 9.67 Å². The van der Waals surface area contributed by atoms with Crippen molar-refractivity contribution in [3.63, 3.8) is 0 Å². The summed E-state index contributed by atoms with van der Waals surface area (Å²) in [5.74, 6) is 1.69. The van der Waals surface area contributed by atoms with Crippen LogP contribution in [0.2, 0.25) is 5.02 Å². The van der Waals surface area contributed by atoms with E-state index in [4.69, 9.17) is 16.3 Å². The summed E-state index contributed by atoms with van der Waals surface area (Å²) in [6.07, 6.45) is 4.76. The van der Waals surface area contributed by atoms with Crippen molar-refractivity contribution in [2.45, 2.75) is 25.9 Å². The average Bonchev–Trinajstić information content (AvgIpc) is 3.34. The van der Waals surface area contributed by atoms with E-state index in [1.807, 2.05) is 35.1 Å². The summed E-state index contributed by atoms with van der Waals surface area (Å²) in [6, 6.07) is 7.97. The van der Waals surface area contributed by atoms with Gasteiger partial charge in [0.15, 0.2) is 5.96 Å². The maximum Gasteiger partial charge on any atom is 0.191 e. The largest absolute Gasteiger partial charge is 0.495 e. The monoisotopic (exact) mass is 390 g/mol. The number of anilines is 1. The maximum atomic E-state index is 6.18. The van der Waals surface area contributed by atoms with Crippen LogP contribution in [0.15, 0.2) is 41.7 Å². The Morgan fingerprint density at radius 3 is 3.07 bits per heavy atom. The lowest BCUT2D eigenvalue weighted by atomic mass is 10.2. The first-order valence-corrected chi connectivity index (χ1v) is 9.68. The van der Waals surface area contributed by atoms with Crippen LogP contribution in [0.1, 0.15) is 13.3 Å². The predicted molar refractivity (Wildman–Crippen MR) is 110 cm³/mol. The van der Waals surface area contributed by atoms with Gasteiger partial charge in [0.2, 0.25) is 0 Å². The number of ether oxygens (including phenoxy) is 1. The Balaban J connectivity index is 1.59. The molecule has 1 unspecified atom stereocenters. The molecule has 1 aromatic carbocycles. The lowest BCUT2D eigenvalue weighted by Crippen LogP contribution is -2.44. The number of guanidine groups is 1. The first-order chi connectivity index (χ1) is 13.2. The Hall–Kier alpha value is -2.41. The van der Waals surface area contributed by atoms with Gasteiger partial charge in [-0.1, -0.05) is 11.6 Å². The Kier molecular flexibility index (Phi) is 6.81. The molecule has 1 fully saturated rings. The predicted octanol–water partition coefficient (Wildman–Crippen LogP) is 2.38. The smallest absolute Gasteiger partial charge is 0.191 e. The van der Waals surface area contributed by atoms with Crippen LogP contribution in [-0.4, -0.2) is 55.1 Å². The maximum absolute atomic E-state index is 6.18. The molecule has 2 heterocycles. The quantitative estimate of drug-likeness (QED) is 0.561. The molecule has 1 aliphatic heterocycles. The van der Waals surface area contributed by atoms with E-state index in [9.17, 15) is 0 Å². The van der Waals surface area contributed by atoms with Crippen LogP contribution >= 0.6 is 11.6 Å². The minimum absolute atomic E-state index is 0.316. The van der Waals surface area contributed by atoms with Crippen molar-refractivity contribution in [3.8, 4) is 5.75 Å². The molecule has 0 bridgehead atoms. The molecule has 0 radical (unpaired) electrons. The van der Waals surface area contributed by atoms with Crippen molar-refractivity contribution in [1.82, 2.24) is 20.4 Å². The van der Waals surface area contributed by atoms with Gasteiger partial charge < -0.3 is 20.3 Å². The van der Waals surface area contributed by atoms with E-state index in [-0.39, 0.29) is 0 Å². The molecule has 146 valence electrons. The Bertz CT molecular complexity index is 749. The van der Waals surface area contributed by atoms with Crippen LogP contribution in [0.5, 0.6) is 5.75 Å². The normalized spacial score (nSPS) is 17.2. The molecule has 2 aromatic rings. The summed E-state index contributed by atoms with van der Waals surface area (Å²) in [5.41, 5.74) is 1.04. The second-order valence-corrected chi connectivity index (χ2v) is 6.86. The molecule has 1 atom stereocenters. The van der Waals surface area contributed by atoms with E-state index >= 15 is 0 Å². The zero-order valence-corrected chi connectivity index (χ0v) is 16.6. The van der Waals surface area contributed by atoms with Gasteiger partial charge in [0.1, 0.15) is 5.75 Å². The number of halogens is 1. The van der Waals surface area contributed by atoms with E-state index in [1.165, 1.54) is 0 Å². The second-order valence-electron chi connectivity index (χ2n) is 6.42. The van der Waals surface area contributed by atoms with E-state index in [2.05, 4.69) is 32.5 Å². The van der Waals surface area contributed by atoms with Gasteiger partial charge in [-0.2, -0.15) is 5.10 Å². The van der Waals surface area contributed by atoms with Crippen LogP contribution in [0.25, 0.3) is 0 Å². The fraction of sp³-hybridized carbons (Fsp3) is 0.474. The average molecular weight is 391 g/mol. The molecule has 1 aromatic heterocycles. The molecule has 1 aliphatic rings. The molecule has 2 N–H and O–H groups in total. The van der Waals surface area contributed by atoms with Crippen molar-refractivity contribution < 1.29 is 4.74 Å². The summed E-state index contributed by atoms with van der Waals surface area (Å²) < 4.78 is 7.38. The molecule has 0 aliphatic carbocycles. The van der Waals surface area contributed by atoms with Crippen molar-refractivity contribution in [1.29, 1.82) is 0 Å². The van der Waals surface area contributed by atoms with Gasteiger partial charge in [-0.25, -0.2) is 0 Å². The number of aliphatic imine (C=N–C) groups is 1. The Morgan fingerprint density at radius 1 is 1.44 bits per heavy atom. The standard InChI is InChI=1S/C19H27ClN6O/c1-3-21-19(22-9-12-26-10-4-8-23-26)24-16-7-11-25(14-16)17-13-15(20)5-6-18(17)27-2/h4-6,8,10,13,16H,3,7,9,11-12,14H2,1-2H3,(H2,21,22,24). The number of aromatic nitrogens is 2.